The van der Waals surface area contributed by atoms with Crippen LogP contribution >= 0.6 is 0 Å². The molecule has 31 heavy (non-hydrogen) atoms. The van der Waals surface area contributed by atoms with E-state index in [9.17, 15) is 18.8 Å². The minimum atomic E-state index is -0.563. The Balaban J connectivity index is 1.38. The molecule has 0 saturated carbocycles. The van der Waals surface area contributed by atoms with Gasteiger partial charge in [0.2, 0.25) is 5.91 Å². The number of carbonyl (C=O) groups excluding carboxylic acids is 3. The van der Waals surface area contributed by atoms with Crippen LogP contribution in [0.1, 0.15) is 24.6 Å². The fraction of sp³-hybridized carbons (Fsp3) is 0.261. The summed E-state index contributed by atoms with van der Waals surface area (Å²) in [5, 5.41) is 0.814. The molecule has 0 radical (unpaired) electrons. The topological polar surface area (TPSA) is 82.7 Å². The number of hydrogen-bond donors (Lipinski definition) is 1. The number of benzene rings is 2. The van der Waals surface area contributed by atoms with Crippen LogP contribution in [-0.4, -0.2) is 40.3 Å². The van der Waals surface area contributed by atoms with Gasteiger partial charge < -0.3 is 9.72 Å². The molecule has 5 rings (SSSR count). The van der Waals surface area contributed by atoms with Gasteiger partial charge >= 0.3 is 5.97 Å². The van der Waals surface area contributed by atoms with E-state index in [1.807, 2.05) is 4.90 Å². The highest BCUT2D eigenvalue weighted by Crippen LogP contribution is 2.33. The first-order valence-electron chi connectivity index (χ1n) is 10.1. The summed E-state index contributed by atoms with van der Waals surface area (Å²) in [6, 6.07) is 10.4. The lowest BCUT2D eigenvalue weighted by Gasteiger charge is -2.31. The predicted octanol–water partition coefficient (Wildman–Crippen LogP) is 2.92. The van der Waals surface area contributed by atoms with Gasteiger partial charge in [-0.15, -0.1) is 0 Å². The van der Waals surface area contributed by atoms with E-state index in [0.29, 0.717) is 30.9 Å². The van der Waals surface area contributed by atoms with Crippen molar-refractivity contribution in [2.75, 3.05) is 11.4 Å². The molecule has 2 aromatic carbocycles. The number of nitrogens with one attached hydrogen (secondary N) is 1. The second kappa shape index (κ2) is 7.31. The number of amides is 2. The first-order valence-corrected chi connectivity index (χ1v) is 10.1. The zero-order valence-corrected chi connectivity index (χ0v) is 16.9. The summed E-state index contributed by atoms with van der Waals surface area (Å²) in [5.41, 5.74) is 3.34. The largest absolute Gasteiger partial charge is 0.427 e. The van der Waals surface area contributed by atoms with Crippen molar-refractivity contribution in [1.82, 2.24) is 9.88 Å². The zero-order valence-electron chi connectivity index (χ0n) is 16.9. The van der Waals surface area contributed by atoms with E-state index < -0.39 is 12.0 Å². The average Bonchev–Trinajstić information content (AvgIpc) is 3.24. The molecule has 3 heterocycles. The van der Waals surface area contributed by atoms with Gasteiger partial charge in [-0.3, -0.25) is 19.3 Å². The molecule has 1 fully saturated rings. The van der Waals surface area contributed by atoms with Crippen molar-refractivity contribution >= 4 is 34.4 Å². The number of anilines is 1. The van der Waals surface area contributed by atoms with Crippen LogP contribution in [0.25, 0.3) is 10.9 Å². The number of esters is 1. The molecule has 1 N–H and O–H groups in total. The highest BCUT2D eigenvalue weighted by atomic mass is 19.1. The number of halogens is 1. The molecule has 1 saturated heterocycles. The van der Waals surface area contributed by atoms with Crippen LogP contribution < -0.4 is 9.64 Å². The van der Waals surface area contributed by atoms with Gasteiger partial charge in [-0.05, 0) is 48.0 Å². The van der Waals surface area contributed by atoms with Crippen LogP contribution in [0.2, 0.25) is 0 Å². The Morgan fingerprint density at radius 1 is 1.16 bits per heavy atom. The van der Waals surface area contributed by atoms with Gasteiger partial charge in [0.15, 0.2) is 0 Å². The number of rotatable bonds is 3. The van der Waals surface area contributed by atoms with Crippen LogP contribution in [0, 0.1) is 5.82 Å². The third kappa shape index (κ3) is 3.38. The van der Waals surface area contributed by atoms with Crippen molar-refractivity contribution in [2.45, 2.75) is 32.4 Å². The summed E-state index contributed by atoms with van der Waals surface area (Å²) in [4.78, 5) is 43.4. The van der Waals surface area contributed by atoms with E-state index in [2.05, 4.69) is 4.98 Å². The molecule has 0 aliphatic carbocycles. The summed E-state index contributed by atoms with van der Waals surface area (Å²) in [6.45, 7) is 2.41. The molecule has 1 aromatic heterocycles. The van der Waals surface area contributed by atoms with E-state index in [4.69, 9.17) is 4.74 Å². The van der Waals surface area contributed by atoms with Crippen molar-refractivity contribution in [3.63, 3.8) is 0 Å². The minimum absolute atomic E-state index is 0.0938. The molecule has 0 spiro atoms. The van der Waals surface area contributed by atoms with Crippen molar-refractivity contribution < 1.29 is 23.5 Å². The minimum Gasteiger partial charge on any atom is -0.427 e. The average molecular weight is 421 g/mol. The van der Waals surface area contributed by atoms with Crippen LogP contribution in [-0.2, 0) is 27.3 Å². The standard InChI is InChI=1S/C23H20FN3O4/c1-13(28)31-16-5-3-15(4-6-16)27-22(29)11-21(23(27)30)26-9-8-20-18(12-26)17-10-14(24)2-7-19(17)25-20/h2-7,10,21,25H,8-9,11-12H2,1H3/t21-/m1/s1. The number of carbonyl (C=O) groups is 3. The Kier molecular flexibility index (Phi) is 4.59. The number of fused-ring (bicyclic) bond motifs is 3. The summed E-state index contributed by atoms with van der Waals surface area (Å²) in [7, 11) is 0. The highest BCUT2D eigenvalue weighted by molar-refractivity contribution is 6.22. The van der Waals surface area contributed by atoms with E-state index in [-0.39, 0.29) is 24.1 Å². The lowest BCUT2D eigenvalue weighted by molar-refractivity contribution is -0.132. The SMILES string of the molecule is CC(=O)Oc1ccc(N2C(=O)C[C@@H](N3CCc4[nH]c5ccc(F)cc5c4C3)C2=O)cc1. The number of aromatic nitrogens is 1. The number of hydrogen-bond acceptors (Lipinski definition) is 5. The first-order chi connectivity index (χ1) is 14.9. The quantitative estimate of drug-likeness (QED) is 0.400. The number of aromatic amines is 1. The van der Waals surface area contributed by atoms with Gasteiger partial charge in [-0.2, -0.15) is 0 Å². The Labute approximate surface area is 177 Å². The molecule has 158 valence electrons. The molecule has 2 aliphatic rings. The lowest BCUT2D eigenvalue weighted by Crippen LogP contribution is -2.44. The Bertz CT molecular complexity index is 1220. The molecule has 8 heteroatoms. The maximum atomic E-state index is 13.8. The number of H-pyrrole nitrogens is 1. The molecule has 2 amide bonds. The fourth-order valence-corrected chi connectivity index (χ4v) is 4.47. The molecule has 3 aromatic rings. The molecular weight excluding hydrogens is 401 g/mol. The zero-order chi connectivity index (χ0) is 21.7. The van der Waals surface area contributed by atoms with E-state index in [1.54, 1.807) is 30.3 Å². The molecule has 7 nitrogen and oxygen atoms in total. The van der Waals surface area contributed by atoms with Gasteiger partial charge in [-0.1, -0.05) is 0 Å². The van der Waals surface area contributed by atoms with Gasteiger partial charge in [-0.25, -0.2) is 9.29 Å². The van der Waals surface area contributed by atoms with Crippen LogP contribution in [0.15, 0.2) is 42.5 Å². The Morgan fingerprint density at radius 3 is 2.68 bits per heavy atom. The maximum absolute atomic E-state index is 13.8. The Hall–Kier alpha value is -3.52. The van der Waals surface area contributed by atoms with Crippen LogP contribution in [0.5, 0.6) is 5.75 Å². The van der Waals surface area contributed by atoms with Gasteiger partial charge in [0.05, 0.1) is 18.2 Å². The smallest absolute Gasteiger partial charge is 0.308 e. The predicted molar refractivity (Wildman–Crippen MR) is 111 cm³/mol. The van der Waals surface area contributed by atoms with Gasteiger partial charge in [0.1, 0.15) is 11.6 Å². The van der Waals surface area contributed by atoms with E-state index >= 15 is 0 Å². The lowest BCUT2D eigenvalue weighted by atomic mass is 10.0. The Morgan fingerprint density at radius 2 is 1.94 bits per heavy atom. The number of ether oxygens (including phenoxy) is 1. The fourth-order valence-electron chi connectivity index (χ4n) is 4.47. The monoisotopic (exact) mass is 421 g/mol. The molecular formula is C23H20FN3O4. The van der Waals surface area contributed by atoms with Crippen molar-refractivity contribution in [2.24, 2.45) is 0 Å². The summed E-state index contributed by atoms with van der Waals surface area (Å²) >= 11 is 0. The number of imide groups is 1. The van der Waals surface area contributed by atoms with Gasteiger partial charge in [0, 0.05) is 43.0 Å². The third-order valence-electron chi connectivity index (χ3n) is 5.89. The van der Waals surface area contributed by atoms with Crippen molar-refractivity contribution in [3.8, 4) is 5.75 Å². The summed E-state index contributed by atoms with van der Waals surface area (Å²) in [5.74, 6) is -0.947. The first kappa shape index (κ1) is 19.4. The van der Waals surface area contributed by atoms with Crippen molar-refractivity contribution in [3.05, 3.63) is 59.5 Å². The van der Waals surface area contributed by atoms with Crippen molar-refractivity contribution in [1.29, 1.82) is 0 Å². The second-order valence-electron chi connectivity index (χ2n) is 7.87. The highest BCUT2D eigenvalue weighted by Gasteiger charge is 2.43. The van der Waals surface area contributed by atoms with Gasteiger partial charge in [0.25, 0.3) is 5.91 Å². The second-order valence-corrected chi connectivity index (χ2v) is 7.87. The number of nitrogens with zero attached hydrogens (tertiary/aromatic N) is 2. The third-order valence-corrected chi connectivity index (χ3v) is 5.89. The molecule has 1 atom stereocenters. The molecule has 0 bridgehead atoms. The van der Waals surface area contributed by atoms with Crippen LogP contribution in [0.4, 0.5) is 10.1 Å². The normalized spacial score (nSPS) is 19.2. The maximum Gasteiger partial charge on any atom is 0.308 e. The summed E-state index contributed by atoms with van der Waals surface area (Å²) < 4.78 is 18.8. The van der Waals surface area contributed by atoms with Crippen LogP contribution in [0.3, 0.4) is 0 Å². The molecule has 2 aliphatic heterocycles. The summed E-state index contributed by atoms with van der Waals surface area (Å²) in [6.07, 6.45) is 0.789. The van der Waals surface area contributed by atoms with E-state index in [1.165, 1.54) is 24.0 Å². The molecule has 0 unspecified atom stereocenters. The van der Waals surface area contributed by atoms with E-state index in [0.717, 1.165) is 22.2 Å².